The Morgan fingerprint density at radius 2 is 1.93 bits per heavy atom. The third kappa shape index (κ3) is 4.24. The lowest BCUT2D eigenvalue weighted by atomic mass is 9.90. The van der Waals surface area contributed by atoms with Gasteiger partial charge < -0.3 is 5.73 Å². The van der Waals surface area contributed by atoms with Crippen molar-refractivity contribution >= 4 is 0 Å². The Morgan fingerprint density at radius 1 is 1.27 bits per heavy atom. The molecule has 0 amide bonds. The summed E-state index contributed by atoms with van der Waals surface area (Å²) < 4.78 is 0. The smallest absolute Gasteiger partial charge is 0.0214 e. The second-order valence-corrected chi connectivity index (χ2v) is 4.56. The zero-order valence-corrected chi connectivity index (χ0v) is 9.91. The number of terminal acetylenes is 1. The van der Waals surface area contributed by atoms with Crippen LogP contribution in [0.3, 0.4) is 0 Å². The molecule has 1 aliphatic carbocycles. The molecule has 0 radical (unpaired) electrons. The van der Waals surface area contributed by atoms with Crippen molar-refractivity contribution in [3.8, 4) is 12.3 Å². The monoisotopic (exact) mass is 208 g/mol. The molecule has 1 fully saturated rings. The molecular weight excluding hydrogens is 184 g/mol. The van der Waals surface area contributed by atoms with Crippen LogP contribution >= 0.6 is 0 Å². The predicted molar refractivity (Wildman–Crippen MR) is 65.5 cm³/mol. The molecule has 86 valence electrons. The van der Waals surface area contributed by atoms with Gasteiger partial charge in [0.05, 0.1) is 0 Å². The van der Waals surface area contributed by atoms with E-state index >= 15 is 0 Å². The fourth-order valence-electron chi connectivity index (χ4n) is 2.44. The van der Waals surface area contributed by atoms with Crippen LogP contribution in [0.25, 0.3) is 0 Å². The lowest BCUT2D eigenvalue weighted by Crippen LogP contribution is -2.41. The highest BCUT2D eigenvalue weighted by Gasteiger charge is 2.23. The number of nitrogens with zero attached hydrogens (tertiary/aromatic N) is 1. The Balaban J connectivity index is 2.37. The fraction of sp³-hybridized carbons (Fsp3) is 0.846. The number of hydrogen-bond acceptors (Lipinski definition) is 2. The van der Waals surface area contributed by atoms with E-state index in [0.717, 1.165) is 19.0 Å². The van der Waals surface area contributed by atoms with Crippen molar-refractivity contribution in [2.45, 2.75) is 57.5 Å². The summed E-state index contributed by atoms with van der Waals surface area (Å²) in [6.07, 6.45) is 12.3. The van der Waals surface area contributed by atoms with Crippen molar-refractivity contribution in [2.75, 3.05) is 13.1 Å². The number of nitrogens with two attached hydrogens (primary N) is 1. The zero-order chi connectivity index (χ0) is 11.1. The largest absolute Gasteiger partial charge is 0.328 e. The summed E-state index contributed by atoms with van der Waals surface area (Å²) in [7, 11) is 0. The van der Waals surface area contributed by atoms with Gasteiger partial charge >= 0.3 is 0 Å². The van der Waals surface area contributed by atoms with Crippen LogP contribution < -0.4 is 5.73 Å². The lowest BCUT2D eigenvalue weighted by Gasteiger charge is -2.35. The molecule has 0 bridgehead atoms. The minimum atomic E-state index is 0.442. The van der Waals surface area contributed by atoms with Gasteiger partial charge in [0, 0.05) is 25.0 Å². The molecule has 0 heterocycles. The molecule has 0 aliphatic heterocycles. The molecule has 0 atom stereocenters. The van der Waals surface area contributed by atoms with Crippen LogP contribution in [-0.2, 0) is 0 Å². The molecule has 0 aromatic rings. The second-order valence-electron chi connectivity index (χ2n) is 4.56. The lowest BCUT2D eigenvalue weighted by molar-refractivity contribution is 0.153. The molecular formula is C13H24N2. The van der Waals surface area contributed by atoms with Crippen LogP contribution in [0.1, 0.15) is 45.4 Å². The third-order valence-electron chi connectivity index (χ3n) is 3.31. The van der Waals surface area contributed by atoms with Crippen LogP contribution in [-0.4, -0.2) is 30.1 Å². The Hall–Kier alpha value is -0.520. The Labute approximate surface area is 94.2 Å². The Bertz CT molecular complexity index is 199. The van der Waals surface area contributed by atoms with E-state index < -0.39 is 0 Å². The molecule has 1 saturated carbocycles. The third-order valence-corrected chi connectivity index (χ3v) is 3.31. The van der Waals surface area contributed by atoms with E-state index in [1.54, 1.807) is 0 Å². The zero-order valence-electron chi connectivity index (χ0n) is 9.91. The van der Waals surface area contributed by atoms with Crippen LogP contribution in [0.5, 0.6) is 0 Å². The van der Waals surface area contributed by atoms with Gasteiger partial charge in [-0.25, -0.2) is 0 Å². The molecule has 1 rings (SSSR count). The van der Waals surface area contributed by atoms with Gasteiger partial charge in [-0.05, 0) is 38.6 Å². The fourth-order valence-corrected chi connectivity index (χ4v) is 2.44. The van der Waals surface area contributed by atoms with E-state index in [1.807, 2.05) is 0 Å². The van der Waals surface area contributed by atoms with Crippen LogP contribution in [0.15, 0.2) is 0 Å². The van der Waals surface area contributed by atoms with Gasteiger partial charge in [-0.3, -0.25) is 4.90 Å². The van der Waals surface area contributed by atoms with E-state index in [2.05, 4.69) is 17.7 Å². The average Bonchev–Trinajstić information content (AvgIpc) is 2.25. The first-order valence-electron chi connectivity index (χ1n) is 6.21. The summed E-state index contributed by atoms with van der Waals surface area (Å²) >= 11 is 0. The maximum absolute atomic E-state index is 5.92. The Kier molecular flexibility index (Phi) is 5.75. The molecule has 0 saturated heterocycles. The molecule has 2 nitrogen and oxygen atoms in total. The van der Waals surface area contributed by atoms with E-state index in [-0.39, 0.29) is 0 Å². The van der Waals surface area contributed by atoms with Gasteiger partial charge in [0.25, 0.3) is 0 Å². The van der Waals surface area contributed by atoms with Gasteiger partial charge in [0.15, 0.2) is 0 Å². The first-order chi connectivity index (χ1) is 7.27. The molecule has 0 spiro atoms. The molecule has 0 aromatic carbocycles. The number of hydrogen-bond donors (Lipinski definition) is 1. The van der Waals surface area contributed by atoms with Gasteiger partial charge in [0.1, 0.15) is 0 Å². The summed E-state index contributed by atoms with van der Waals surface area (Å²) in [6, 6.07) is 1.18. The van der Waals surface area contributed by atoms with Crippen LogP contribution in [0.4, 0.5) is 0 Å². The van der Waals surface area contributed by atoms with Gasteiger partial charge in [-0.2, -0.15) is 0 Å². The predicted octanol–water partition coefficient (Wildman–Crippen LogP) is 1.99. The molecule has 2 N–H and O–H groups in total. The van der Waals surface area contributed by atoms with E-state index in [1.165, 1.54) is 38.6 Å². The van der Waals surface area contributed by atoms with Gasteiger partial charge in [-0.1, -0.05) is 6.92 Å². The highest BCUT2D eigenvalue weighted by molar-refractivity contribution is 4.87. The molecule has 0 unspecified atom stereocenters. The summed E-state index contributed by atoms with van der Waals surface area (Å²) in [5.74, 6) is 2.74. The first-order valence-corrected chi connectivity index (χ1v) is 6.21. The summed E-state index contributed by atoms with van der Waals surface area (Å²) in [5, 5.41) is 0. The molecule has 1 aliphatic rings. The standard InChI is InChI=1S/C13H24N2/c1-3-5-11-15(10-4-2)13-8-6-12(14)7-9-13/h1,12-13H,4-11,14H2,2H3. The highest BCUT2D eigenvalue weighted by atomic mass is 15.1. The quantitative estimate of drug-likeness (QED) is 0.700. The van der Waals surface area contributed by atoms with Crippen LogP contribution in [0.2, 0.25) is 0 Å². The van der Waals surface area contributed by atoms with Crippen molar-refractivity contribution in [1.29, 1.82) is 0 Å². The second kappa shape index (κ2) is 6.87. The first kappa shape index (κ1) is 12.5. The minimum Gasteiger partial charge on any atom is -0.328 e. The molecule has 0 aromatic heterocycles. The van der Waals surface area contributed by atoms with Crippen molar-refractivity contribution in [2.24, 2.45) is 5.73 Å². The van der Waals surface area contributed by atoms with Crippen molar-refractivity contribution in [3.63, 3.8) is 0 Å². The maximum Gasteiger partial charge on any atom is 0.0214 e. The van der Waals surface area contributed by atoms with Gasteiger partial charge in [-0.15, -0.1) is 12.3 Å². The molecule has 15 heavy (non-hydrogen) atoms. The topological polar surface area (TPSA) is 29.3 Å². The van der Waals surface area contributed by atoms with E-state index in [4.69, 9.17) is 12.2 Å². The summed E-state index contributed by atoms with van der Waals surface area (Å²) in [4.78, 5) is 2.56. The summed E-state index contributed by atoms with van der Waals surface area (Å²) in [5.41, 5.74) is 5.92. The van der Waals surface area contributed by atoms with E-state index in [9.17, 15) is 0 Å². The minimum absolute atomic E-state index is 0.442. The van der Waals surface area contributed by atoms with Crippen molar-refractivity contribution < 1.29 is 0 Å². The SMILES string of the molecule is C#CCCN(CCC)C1CCC(N)CC1. The maximum atomic E-state index is 5.92. The highest BCUT2D eigenvalue weighted by Crippen LogP contribution is 2.22. The number of rotatable bonds is 5. The van der Waals surface area contributed by atoms with Gasteiger partial charge in [0.2, 0.25) is 0 Å². The average molecular weight is 208 g/mol. The van der Waals surface area contributed by atoms with E-state index in [0.29, 0.717) is 6.04 Å². The molecule has 2 heteroatoms. The van der Waals surface area contributed by atoms with Crippen LogP contribution in [0, 0.1) is 12.3 Å². The van der Waals surface area contributed by atoms with Crippen molar-refractivity contribution in [1.82, 2.24) is 4.90 Å². The summed E-state index contributed by atoms with van der Waals surface area (Å²) in [6.45, 7) is 4.48. The van der Waals surface area contributed by atoms with Crippen molar-refractivity contribution in [3.05, 3.63) is 0 Å². The Morgan fingerprint density at radius 3 is 2.47 bits per heavy atom. The normalized spacial score (nSPS) is 26.5.